The highest BCUT2D eigenvalue weighted by atomic mass is 16.5. The summed E-state index contributed by atoms with van der Waals surface area (Å²) in [4.78, 5) is 32.9. The highest BCUT2D eigenvalue weighted by molar-refractivity contribution is 6.05. The fraction of sp³-hybridized carbons (Fsp3) is 0.407. The molecule has 2 N–H and O–H groups in total. The first-order valence-corrected chi connectivity index (χ1v) is 12.1. The van der Waals surface area contributed by atoms with E-state index in [2.05, 4.69) is 10.3 Å². The third kappa shape index (κ3) is 3.35. The molecule has 170 valence electrons. The minimum Gasteiger partial charge on any atom is -0.376 e. The monoisotopic (exact) mass is 443 g/mol. The molecule has 2 fully saturated rings. The average molecular weight is 444 g/mol. The summed E-state index contributed by atoms with van der Waals surface area (Å²) in [5.74, 6) is -0.401. The summed E-state index contributed by atoms with van der Waals surface area (Å²) >= 11 is 0. The average Bonchev–Trinajstić information content (AvgIpc) is 3.59. The topological polar surface area (TPSA) is 74.4 Å². The number of hydrogen-bond donors (Lipinski definition) is 2. The predicted octanol–water partition coefficient (Wildman–Crippen LogP) is 4.84. The molecule has 1 aliphatic carbocycles. The van der Waals surface area contributed by atoms with Gasteiger partial charge in [-0.25, -0.2) is 0 Å². The van der Waals surface area contributed by atoms with Crippen LogP contribution >= 0.6 is 0 Å². The predicted molar refractivity (Wildman–Crippen MR) is 127 cm³/mol. The van der Waals surface area contributed by atoms with E-state index in [0.717, 1.165) is 67.3 Å². The van der Waals surface area contributed by atoms with Crippen molar-refractivity contribution in [3.05, 3.63) is 65.9 Å². The fourth-order valence-electron chi connectivity index (χ4n) is 6.27. The van der Waals surface area contributed by atoms with Crippen molar-refractivity contribution in [2.24, 2.45) is 0 Å². The molecule has 6 nitrogen and oxygen atoms in total. The Morgan fingerprint density at radius 2 is 1.97 bits per heavy atom. The lowest BCUT2D eigenvalue weighted by molar-refractivity contribution is -0.121. The summed E-state index contributed by atoms with van der Waals surface area (Å²) in [5.41, 5.74) is 2.82. The molecule has 2 amide bonds. The normalized spacial score (nSPS) is 23.9. The van der Waals surface area contributed by atoms with Gasteiger partial charge in [0.05, 0.1) is 17.6 Å². The number of benzene rings is 2. The number of amides is 2. The van der Waals surface area contributed by atoms with Gasteiger partial charge in [-0.3, -0.25) is 9.59 Å². The van der Waals surface area contributed by atoms with Gasteiger partial charge in [0.15, 0.2) is 0 Å². The van der Waals surface area contributed by atoms with Crippen molar-refractivity contribution in [2.45, 2.75) is 56.1 Å². The van der Waals surface area contributed by atoms with Gasteiger partial charge in [0.1, 0.15) is 0 Å². The summed E-state index contributed by atoms with van der Waals surface area (Å²) in [6, 6.07) is 15.6. The van der Waals surface area contributed by atoms with Crippen LogP contribution in [0.4, 0.5) is 5.69 Å². The van der Waals surface area contributed by atoms with Crippen LogP contribution in [0.3, 0.4) is 0 Å². The number of carbonyl (C=O) groups is 2. The third-order valence-electron chi connectivity index (χ3n) is 7.78. The number of carbonyl (C=O) groups excluding carboxylic acids is 2. The molecule has 0 unspecified atom stereocenters. The van der Waals surface area contributed by atoms with E-state index in [9.17, 15) is 9.59 Å². The maximum atomic E-state index is 14.0. The Morgan fingerprint density at radius 1 is 1.12 bits per heavy atom. The van der Waals surface area contributed by atoms with Gasteiger partial charge in [0.2, 0.25) is 5.91 Å². The zero-order valence-electron chi connectivity index (χ0n) is 18.7. The molecule has 6 rings (SSSR count). The van der Waals surface area contributed by atoms with Crippen LogP contribution < -0.4 is 5.32 Å². The number of hydrogen-bond acceptors (Lipinski definition) is 3. The summed E-state index contributed by atoms with van der Waals surface area (Å²) in [6.45, 7) is 1.31. The van der Waals surface area contributed by atoms with Crippen LogP contribution in [0.1, 0.15) is 60.4 Å². The van der Waals surface area contributed by atoms with Crippen LogP contribution in [0.5, 0.6) is 0 Å². The third-order valence-corrected chi connectivity index (χ3v) is 7.78. The molecule has 3 heterocycles. The maximum absolute atomic E-state index is 14.0. The zero-order chi connectivity index (χ0) is 22.4. The molecular weight excluding hydrogens is 414 g/mol. The molecule has 2 atom stereocenters. The van der Waals surface area contributed by atoms with E-state index < -0.39 is 11.5 Å². The van der Waals surface area contributed by atoms with E-state index in [1.165, 1.54) is 0 Å². The van der Waals surface area contributed by atoms with E-state index in [1.54, 1.807) is 0 Å². The van der Waals surface area contributed by atoms with Crippen molar-refractivity contribution in [3.8, 4) is 0 Å². The van der Waals surface area contributed by atoms with Crippen molar-refractivity contribution in [2.75, 3.05) is 18.5 Å². The first-order chi connectivity index (χ1) is 16.2. The van der Waals surface area contributed by atoms with E-state index in [0.29, 0.717) is 12.1 Å². The number of rotatable bonds is 4. The summed E-state index contributed by atoms with van der Waals surface area (Å²) in [5, 5.41) is 4.25. The number of aromatic amines is 1. The van der Waals surface area contributed by atoms with Gasteiger partial charge in [-0.2, -0.15) is 0 Å². The van der Waals surface area contributed by atoms with Crippen molar-refractivity contribution < 1.29 is 14.3 Å². The van der Waals surface area contributed by atoms with E-state index >= 15 is 0 Å². The zero-order valence-corrected chi connectivity index (χ0v) is 18.7. The SMILES string of the molecule is O=C(Nc1ccc2[nH]ccc2c1)[C@@H]1c2ccccc2C(=O)N(C[C@H]2CCCO2)C12CCCC2. The molecule has 33 heavy (non-hydrogen) atoms. The summed E-state index contributed by atoms with van der Waals surface area (Å²) in [7, 11) is 0. The van der Waals surface area contributed by atoms with Crippen molar-refractivity contribution in [1.82, 2.24) is 9.88 Å². The lowest BCUT2D eigenvalue weighted by Crippen LogP contribution is -2.61. The van der Waals surface area contributed by atoms with E-state index in [4.69, 9.17) is 4.74 Å². The quantitative estimate of drug-likeness (QED) is 0.606. The van der Waals surface area contributed by atoms with Crippen LogP contribution in [-0.2, 0) is 9.53 Å². The molecule has 6 heteroatoms. The molecular formula is C27H29N3O3. The largest absolute Gasteiger partial charge is 0.376 e. The van der Waals surface area contributed by atoms with E-state index in [1.807, 2.05) is 59.6 Å². The molecule has 1 aromatic heterocycles. The van der Waals surface area contributed by atoms with Gasteiger partial charge in [-0.1, -0.05) is 31.0 Å². The number of ether oxygens (including phenoxy) is 1. The van der Waals surface area contributed by atoms with Gasteiger partial charge in [0.25, 0.3) is 5.91 Å². The van der Waals surface area contributed by atoms with Gasteiger partial charge in [-0.15, -0.1) is 0 Å². The molecule has 1 saturated carbocycles. The summed E-state index contributed by atoms with van der Waals surface area (Å²) in [6.07, 6.45) is 7.68. The molecule has 3 aromatic rings. The maximum Gasteiger partial charge on any atom is 0.254 e. The Bertz CT molecular complexity index is 1200. The van der Waals surface area contributed by atoms with Crippen molar-refractivity contribution in [3.63, 3.8) is 0 Å². The highest BCUT2D eigenvalue weighted by Crippen LogP contribution is 2.51. The molecule has 1 saturated heterocycles. The molecule has 2 aliphatic heterocycles. The van der Waals surface area contributed by atoms with Crippen LogP contribution in [0.15, 0.2) is 54.7 Å². The second-order valence-corrected chi connectivity index (χ2v) is 9.65. The number of aromatic nitrogens is 1. The number of fused-ring (bicyclic) bond motifs is 2. The number of nitrogens with one attached hydrogen (secondary N) is 2. The molecule has 0 radical (unpaired) electrons. The Balaban J connectivity index is 1.41. The number of nitrogens with zero attached hydrogens (tertiary/aromatic N) is 1. The van der Waals surface area contributed by atoms with Crippen LogP contribution in [-0.4, -0.2) is 46.5 Å². The summed E-state index contributed by atoms with van der Waals surface area (Å²) < 4.78 is 5.92. The highest BCUT2D eigenvalue weighted by Gasteiger charge is 2.56. The Kier molecular flexibility index (Phi) is 4.98. The molecule has 0 bridgehead atoms. The molecule has 3 aliphatic rings. The smallest absolute Gasteiger partial charge is 0.254 e. The number of H-pyrrole nitrogens is 1. The first-order valence-electron chi connectivity index (χ1n) is 12.1. The molecule has 2 aromatic carbocycles. The Hall–Kier alpha value is -3.12. The van der Waals surface area contributed by atoms with Crippen LogP contribution in [0, 0.1) is 0 Å². The first kappa shape index (κ1) is 20.5. The lowest BCUT2D eigenvalue weighted by Gasteiger charge is -2.50. The second-order valence-electron chi connectivity index (χ2n) is 9.65. The minimum atomic E-state index is -0.500. The van der Waals surface area contributed by atoms with Crippen molar-refractivity contribution >= 4 is 28.4 Å². The second kappa shape index (κ2) is 8.03. The van der Waals surface area contributed by atoms with Gasteiger partial charge >= 0.3 is 0 Å². The van der Waals surface area contributed by atoms with E-state index in [-0.39, 0.29) is 17.9 Å². The standard InChI is InChI=1S/C27H29N3O3/c31-25(29-19-9-10-23-18(16-19)11-14-28-23)24-21-7-1-2-8-22(21)26(32)30(17-20-6-5-15-33-20)27(24)12-3-4-13-27/h1-2,7-11,14,16,20,24,28H,3-6,12-13,15,17H2,(H,29,31)/t20-,24+/m1/s1. The van der Waals surface area contributed by atoms with Crippen LogP contribution in [0.2, 0.25) is 0 Å². The van der Waals surface area contributed by atoms with Crippen molar-refractivity contribution in [1.29, 1.82) is 0 Å². The van der Waals surface area contributed by atoms with Crippen LogP contribution in [0.25, 0.3) is 10.9 Å². The number of anilines is 1. The Morgan fingerprint density at radius 3 is 2.79 bits per heavy atom. The fourth-order valence-corrected chi connectivity index (χ4v) is 6.27. The van der Waals surface area contributed by atoms with Gasteiger partial charge in [0, 0.05) is 41.5 Å². The Labute approximate surface area is 193 Å². The van der Waals surface area contributed by atoms with Gasteiger partial charge < -0.3 is 19.9 Å². The molecule has 1 spiro atoms. The minimum absolute atomic E-state index is 0.0379. The van der Waals surface area contributed by atoms with Gasteiger partial charge in [-0.05, 0) is 61.6 Å². The lowest BCUT2D eigenvalue weighted by atomic mass is 9.71.